The van der Waals surface area contributed by atoms with Gasteiger partial charge in [-0.15, -0.1) is 0 Å². The average molecular weight is 341 g/mol. The zero-order valence-corrected chi connectivity index (χ0v) is 12.8. The van der Waals surface area contributed by atoms with Crippen LogP contribution in [0.4, 0.5) is 0 Å². The molecule has 0 unspecified atom stereocenters. The molecule has 104 valence electrons. The fourth-order valence-corrected chi connectivity index (χ4v) is 2.99. The first-order valence-electron chi connectivity index (χ1n) is 6.63. The molecule has 0 aliphatic heterocycles. The predicted octanol–water partition coefficient (Wildman–Crippen LogP) is 4.90. The molecule has 3 aromatic carbocycles. The van der Waals surface area contributed by atoms with Gasteiger partial charge >= 0.3 is 5.97 Å². The van der Waals surface area contributed by atoms with Crippen LogP contribution in [-0.2, 0) is 11.2 Å². The smallest absolute Gasteiger partial charge is 0.307 e. The Balaban J connectivity index is 2.24. The third-order valence-corrected chi connectivity index (χ3v) is 3.98. The molecule has 3 heteroatoms. The summed E-state index contributed by atoms with van der Waals surface area (Å²) in [5.41, 5.74) is 3.07. The summed E-state index contributed by atoms with van der Waals surface area (Å²) in [4.78, 5) is 11.0. The first-order chi connectivity index (χ1) is 10.1. The number of rotatable bonds is 3. The highest BCUT2D eigenvalue weighted by Gasteiger charge is 2.10. The summed E-state index contributed by atoms with van der Waals surface area (Å²) in [6, 6.07) is 20.0. The van der Waals surface area contributed by atoms with E-state index in [9.17, 15) is 4.79 Å². The van der Waals surface area contributed by atoms with Crippen molar-refractivity contribution in [1.82, 2.24) is 0 Å². The van der Waals surface area contributed by atoms with Crippen LogP contribution >= 0.6 is 15.9 Å². The van der Waals surface area contributed by atoms with E-state index >= 15 is 0 Å². The lowest BCUT2D eigenvalue weighted by Gasteiger charge is -2.11. The average Bonchev–Trinajstić information content (AvgIpc) is 2.47. The molecule has 0 heterocycles. The first-order valence-corrected chi connectivity index (χ1v) is 7.43. The van der Waals surface area contributed by atoms with Gasteiger partial charge < -0.3 is 5.11 Å². The van der Waals surface area contributed by atoms with Gasteiger partial charge in [0.15, 0.2) is 0 Å². The molecule has 0 amide bonds. The summed E-state index contributed by atoms with van der Waals surface area (Å²) in [5, 5.41) is 11.1. The van der Waals surface area contributed by atoms with Gasteiger partial charge in [0.25, 0.3) is 0 Å². The van der Waals surface area contributed by atoms with E-state index in [2.05, 4.69) is 28.1 Å². The molecule has 3 aromatic rings. The Morgan fingerprint density at radius 2 is 1.71 bits per heavy atom. The van der Waals surface area contributed by atoms with Crippen molar-refractivity contribution in [3.8, 4) is 11.1 Å². The normalized spacial score (nSPS) is 10.7. The lowest BCUT2D eigenvalue weighted by Crippen LogP contribution is -2.01. The van der Waals surface area contributed by atoms with Crippen LogP contribution in [0.5, 0.6) is 0 Å². The SMILES string of the molecule is O=C(O)Cc1ccc(-c2cccc(Br)c2)c2ccccc12. The van der Waals surface area contributed by atoms with Gasteiger partial charge in [0.2, 0.25) is 0 Å². The molecule has 2 nitrogen and oxygen atoms in total. The molecule has 0 atom stereocenters. The maximum atomic E-state index is 11.0. The summed E-state index contributed by atoms with van der Waals surface area (Å²) in [5.74, 6) is -0.810. The predicted molar refractivity (Wildman–Crippen MR) is 88.4 cm³/mol. The molecule has 0 fully saturated rings. The van der Waals surface area contributed by atoms with Crippen molar-refractivity contribution in [3.63, 3.8) is 0 Å². The molecular formula is C18H13BrO2. The zero-order chi connectivity index (χ0) is 14.8. The van der Waals surface area contributed by atoms with E-state index in [0.717, 1.165) is 31.9 Å². The van der Waals surface area contributed by atoms with Crippen molar-refractivity contribution < 1.29 is 9.90 Å². The fraction of sp³-hybridized carbons (Fsp3) is 0.0556. The molecule has 0 aromatic heterocycles. The molecule has 0 radical (unpaired) electrons. The first kappa shape index (κ1) is 13.8. The van der Waals surface area contributed by atoms with Crippen molar-refractivity contribution in [2.24, 2.45) is 0 Å². The highest BCUT2D eigenvalue weighted by molar-refractivity contribution is 9.10. The Hall–Kier alpha value is -2.13. The lowest BCUT2D eigenvalue weighted by molar-refractivity contribution is -0.136. The number of benzene rings is 3. The number of aliphatic carboxylic acids is 1. The van der Waals surface area contributed by atoms with E-state index in [4.69, 9.17) is 5.11 Å². The number of halogens is 1. The van der Waals surface area contributed by atoms with Crippen molar-refractivity contribution in [2.45, 2.75) is 6.42 Å². The molecule has 21 heavy (non-hydrogen) atoms. The van der Waals surface area contributed by atoms with Crippen molar-refractivity contribution in [2.75, 3.05) is 0 Å². The van der Waals surface area contributed by atoms with Crippen molar-refractivity contribution in [3.05, 3.63) is 70.7 Å². The van der Waals surface area contributed by atoms with Crippen molar-refractivity contribution in [1.29, 1.82) is 0 Å². The van der Waals surface area contributed by atoms with Gasteiger partial charge in [-0.25, -0.2) is 0 Å². The highest BCUT2D eigenvalue weighted by atomic mass is 79.9. The van der Waals surface area contributed by atoms with Crippen LogP contribution < -0.4 is 0 Å². The van der Waals surface area contributed by atoms with Gasteiger partial charge in [-0.1, -0.05) is 64.5 Å². The fourth-order valence-electron chi connectivity index (χ4n) is 2.59. The van der Waals surface area contributed by atoms with Gasteiger partial charge in [-0.2, -0.15) is 0 Å². The second kappa shape index (κ2) is 5.70. The standard InChI is InChI=1S/C18H13BrO2/c19-14-5-3-4-12(10-14)16-9-8-13(11-18(20)21)15-6-1-2-7-17(15)16/h1-10H,11H2,(H,20,21). The van der Waals surface area contributed by atoms with Crippen molar-refractivity contribution >= 4 is 32.7 Å². The molecule has 0 saturated heterocycles. The Bertz CT molecular complexity index is 824. The molecule has 0 saturated carbocycles. The molecule has 0 aliphatic carbocycles. The molecular weight excluding hydrogens is 328 g/mol. The van der Waals surface area contributed by atoms with Gasteiger partial charge in [-0.05, 0) is 39.6 Å². The Morgan fingerprint density at radius 3 is 2.43 bits per heavy atom. The number of carboxylic acid groups (broad SMARTS) is 1. The minimum atomic E-state index is -0.810. The molecule has 0 spiro atoms. The van der Waals surface area contributed by atoms with Gasteiger partial charge in [0.1, 0.15) is 0 Å². The molecule has 0 aliphatic rings. The molecule has 3 rings (SSSR count). The van der Waals surface area contributed by atoms with Gasteiger partial charge in [0.05, 0.1) is 6.42 Å². The van der Waals surface area contributed by atoms with E-state index in [1.54, 1.807) is 0 Å². The molecule has 0 bridgehead atoms. The second-order valence-electron chi connectivity index (χ2n) is 4.90. The third kappa shape index (κ3) is 2.83. The second-order valence-corrected chi connectivity index (χ2v) is 5.81. The summed E-state index contributed by atoms with van der Waals surface area (Å²) in [6.07, 6.45) is 0.0409. The maximum Gasteiger partial charge on any atom is 0.307 e. The van der Waals surface area contributed by atoms with E-state index in [0.29, 0.717) is 0 Å². The lowest BCUT2D eigenvalue weighted by atomic mass is 9.94. The summed E-state index contributed by atoms with van der Waals surface area (Å²) in [7, 11) is 0. The minimum absolute atomic E-state index is 0.0409. The van der Waals surface area contributed by atoms with Crippen LogP contribution in [0.2, 0.25) is 0 Å². The number of hydrogen-bond donors (Lipinski definition) is 1. The third-order valence-electron chi connectivity index (χ3n) is 3.49. The Kier molecular flexibility index (Phi) is 3.76. The topological polar surface area (TPSA) is 37.3 Å². The Morgan fingerprint density at radius 1 is 0.952 bits per heavy atom. The van der Waals surface area contributed by atoms with Gasteiger partial charge in [0, 0.05) is 4.47 Å². The number of hydrogen-bond acceptors (Lipinski definition) is 1. The number of carbonyl (C=O) groups is 1. The van der Waals surface area contributed by atoms with Gasteiger partial charge in [-0.3, -0.25) is 4.79 Å². The maximum absolute atomic E-state index is 11.0. The monoisotopic (exact) mass is 340 g/mol. The quantitative estimate of drug-likeness (QED) is 0.736. The van der Waals surface area contributed by atoms with Crippen LogP contribution in [0.25, 0.3) is 21.9 Å². The number of carboxylic acids is 1. The molecule has 1 N–H and O–H groups in total. The van der Waals surface area contributed by atoms with Crippen LogP contribution in [0.1, 0.15) is 5.56 Å². The highest BCUT2D eigenvalue weighted by Crippen LogP contribution is 2.32. The van der Waals surface area contributed by atoms with E-state index < -0.39 is 5.97 Å². The number of fused-ring (bicyclic) bond motifs is 1. The van der Waals surface area contributed by atoms with E-state index in [-0.39, 0.29) is 6.42 Å². The summed E-state index contributed by atoms with van der Waals surface area (Å²) >= 11 is 3.49. The summed E-state index contributed by atoms with van der Waals surface area (Å²) < 4.78 is 1.03. The van der Waals surface area contributed by atoms with Crippen LogP contribution in [-0.4, -0.2) is 11.1 Å². The Labute approximate surface area is 131 Å². The largest absolute Gasteiger partial charge is 0.481 e. The minimum Gasteiger partial charge on any atom is -0.481 e. The van der Waals surface area contributed by atoms with E-state index in [1.807, 2.05) is 48.5 Å². The van der Waals surface area contributed by atoms with E-state index in [1.165, 1.54) is 0 Å². The zero-order valence-electron chi connectivity index (χ0n) is 11.2. The summed E-state index contributed by atoms with van der Waals surface area (Å²) in [6.45, 7) is 0. The van der Waals surface area contributed by atoms with Crippen LogP contribution in [0.3, 0.4) is 0 Å². The van der Waals surface area contributed by atoms with Crippen LogP contribution in [0, 0.1) is 0 Å². The van der Waals surface area contributed by atoms with Crippen LogP contribution in [0.15, 0.2) is 65.1 Å².